The van der Waals surface area contributed by atoms with Crippen molar-refractivity contribution in [3.63, 3.8) is 0 Å². The minimum atomic E-state index is -0.561. The molecule has 3 rings (SSSR count). The fraction of sp³-hybridized carbons (Fsp3) is 0.312. The molecule has 0 amide bonds. The smallest absolute Gasteiger partial charge is 0.349 e. The maximum absolute atomic E-state index is 11.8. The number of benzene rings is 2. The largest absolute Gasteiger partial charge is 0.475 e. The van der Waals surface area contributed by atoms with Crippen molar-refractivity contribution < 1.29 is 14.3 Å². The van der Waals surface area contributed by atoms with Gasteiger partial charge in [-0.25, -0.2) is 4.79 Å². The summed E-state index contributed by atoms with van der Waals surface area (Å²) in [6, 6.07) is 12.2. The van der Waals surface area contributed by atoms with E-state index in [0.29, 0.717) is 13.2 Å². The molecule has 1 aliphatic heterocycles. The lowest BCUT2D eigenvalue weighted by Crippen LogP contribution is -2.43. The van der Waals surface area contributed by atoms with E-state index in [1.807, 2.05) is 36.2 Å². The van der Waals surface area contributed by atoms with Crippen LogP contribution in [0, 0.1) is 0 Å². The van der Waals surface area contributed by atoms with Gasteiger partial charge in [0.15, 0.2) is 0 Å². The molecule has 1 heterocycles. The quantitative estimate of drug-likeness (QED) is 0.787. The number of carbonyl (C=O) groups excluding carboxylic acids is 1. The average Bonchev–Trinajstić information content (AvgIpc) is 2.45. The van der Waals surface area contributed by atoms with Gasteiger partial charge in [-0.3, -0.25) is 0 Å². The number of hydrogen-bond donors (Lipinski definition) is 0. The van der Waals surface area contributed by atoms with Crippen LogP contribution < -0.4 is 9.64 Å². The molecule has 1 aliphatic rings. The lowest BCUT2D eigenvalue weighted by Gasteiger charge is -2.32. The Morgan fingerprint density at radius 2 is 2.05 bits per heavy atom. The third-order valence-corrected chi connectivity index (χ3v) is 3.50. The van der Waals surface area contributed by atoms with Crippen molar-refractivity contribution in [2.75, 3.05) is 25.1 Å². The molecule has 1 atom stereocenters. The van der Waals surface area contributed by atoms with Crippen LogP contribution in [-0.2, 0) is 9.53 Å². The predicted molar refractivity (Wildman–Crippen MR) is 78.3 cm³/mol. The molecule has 0 saturated heterocycles. The molecule has 0 aliphatic carbocycles. The molecule has 1 unspecified atom stereocenters. The maximum atomic E-state index is 11.8. The maximum Gasteiger partial charge on any atom is 0.349 e. The van der Waals surface area contributed by atoms with Crippen LogP contribution in [0.15, 0.2) is 36.4 Å². The molecule has 0 saturated carbocycles. The van der Waals surface area contributed by atoms with Crippen LogP contribution in [0.4, 0.5) is 5.69 Å². The first-order valence-corrected chi connectivity index (χ1v) is 6.76. The molecule has 2 aromatic rings. The van der Waals surface area contributed by atoms with Crippen molar-refractivity contribution in [3.8, 4) is 5.75 Å². The molecule has 0 fully saturated rings. The van der Waals surface area contributed by atoms with Crippen LogP contribution >= 0.6 is 0 Å². The molecule has 0 spiro atoms. The summed E-state index contributed by atoms with van der Waals surface area (Å²) in [6.45, 7) is 2.67. The summed E-state index contributed by atoms with van der Waals surface area (Å²) in [5.41, 5.74) is 1.00. The lowest BCUT2D eigenvalue weighted by atomic mass is 10.1. The van der Waals surface area contributed by atoms with E-state index in [2.05, 4.69) is 12.1 Å². The number of ether oxygens (including phenoxy) is 2. The summed E-state index contributed by atoms with van der Waals surface area (Å²) in [7, 11) is 1.96. The highest BCUT2D eigenvalue weighted by Gasteiger charge is 2.30. The number of esters is 1. The van der Waals surface area contributed by atoms with Gasteiger partial charge in [0.2, 0.25) is 6.10 Å². The fourth-order valence-electron chi connectivity index (χ4n) is 2.50. The van der Waals surface area contributed by atoms with Crippen LogP contribution in [-0.4, -0.2) is 32.3 Å². The first-order valence-electron chi connectivity index (χ1n) is 6.76. The monoisotopic (exact) mass is 271 g/mol. The van der Waals surface area contributed by atoms with Crippen LogP contribution in [0.5, 0.6) is 5.75 Å². The molecule has 0 radical (unpaired) electrons. The Labute approximate surface area is 117 Å². The Balaban J connectivity index is 1.98. The normalized spacial score (nSPS) is 17.5. The van der Waals surface area contributed by atoms with Gasteiger partial charge in [-0.15, -0.1) is 0 Å². The molecule has 104 valence electrons. The molecule has 4 heteroatoms. The molecular formula is C16H17NO3. The van der Waals surface area contributed by atoms with Crippen molar-refractivity contribution in [1.82, 2.24) is 0 Å². The van der Waals surface area contributed by atoms with Crippen LogP contribution in [0.25, 0.3) is 10.8 Å². The molecule has 20 heavy (non-hydrogen) atoms. The lowest BCUT2D eigenvalue weighted by molar-refractivity contribution is -0.151. The molecule has 0 bridgehead atoms. The van der Waals surface area contributed by atoms with Gasteiger partial charge in [-0.2, -0.15) is 0 Å². The summed E-state index contributed by atoms with van der Waals surface area (Å²) in [6.07, 6.45) is -0.561. The highest BCUT2D eigenvalue weighted by atomic mass is 16.6. The molecule has 0 aromatic heterocycles. The standard InChI is InChI=1S/C16H17NO3/c1-3-19-16(18)15-10-17(2)13-8-11-6-4-5-7-12(11)9-14(13)20-15/h4-9,15H,3,10H2,1-2H3. The Bertz CT molecular complexity index is 653. The van der Waals surface area contributed by atoms with Gasteiger partial charge in [0.05, 0.1) is 18.8 Å². The second-order valence-electron chi connectivity index (χ2n) is 4.91. The van der Waals surface area contributed by atoms with Crippen molar-refractivity contribution in [3.05, 3.63) is 36.4 Å². The van der Waals surface area contributed by atoms with Gasteiger partial charge < -0.3 is 14.4 Å². The zero-order chi connectivity index (χ0) is 14.1. The summed E-state index contributed by atoms with van der Waals surface area (Å²) in [5, 5.41) is 2.26. The molecule has 0 N–H and O–H groups in total. The van der Waals surface area contributed by atoms with Crippen molar-refractivity contribution in [2.45, 2.75) is 13.0 Å². The van der Waals surface area contributed by atoms with Crippen molar-refractivity contribution in [1.29, 1.82) is 0 Å². The first-order chi connectivity index (χ1) is 9.69. The Kier molecular flexibility index (Phi) is 3.22. The van der Waals surface area contributed by atoms with Gasteiger partial charge in [0, 0.05) is 7.05 Å². The summed E-state index contributed by atoms with van der Waals surface area (Å²) < 4.78 is 10.9. The van der Waals surface area contributed by atoms with Gasteiger partial charge >= 0.3 is 5.97 Å². The summed E-state index contributed by atoms with van der Waals surface area (Å²) in [4.78, 5) is 13.9. The number of likely N-dealkylation sites (N-methyl/N-ethyl adjacent to an activating group) is 1. The Morgan fingerprint density at radius 1 is 1.35 bits per heavy atom. The van der Waals surface area contributed by atoms with Gasteiger partial charge in [-0.05, 0) is 29.8 Å². The third-order valence-electron chi connectivity index (χ3n) is 3.50. The summed E-state index contributed by atoms with van der Waals surface area (Å²) >= 11 is 0. The third kappa shape index (κ3) is 2.18. The molecule has 2 aromatic carbocycles. The second-order valence-corrected chi connectivity index (χ2v) is 4.91. The number of rotatable bonds is 2. The number of nitrogens with zero attached hydrogens (tertiary/aromatic N) is 1. The average molecular weight is 271 g/mol. The van der Waals surface area contributed by atoms with E-state index in [0.717, 1.165) is 22.2 Å². The Hall–Kier alpha value is -2.23. The fourth-order valence-corrected chi connectivity index (χ4v) is 2.50. The predicted octanol–water partition coefficient (Wildman–Crippen LogP) is 2.60. The highest BCUT2D eigenvalue weighted by molar-refractivity contribution is 5.90. The van der Waals surface area contributed by atoms with E-state index < -0.39 is 6.10 Å². The zero-order valence-electron chi connectivity index (χ0n) is 11.6. The van der Waals surface area contributed by atoms with Crippen molar-refractivity contribution >= 4 is 22.4 Å². The SMILES string of the molecule is CCOC(=O)C1CN(C)c2cc3ccccc3cc2O1. The number of anilines is 1. The van der Waals surface area contributed by atoms with E-state index in [1.54, 1.807) is 6.92 Å². The zero-order valence-corrected chi connectivity index (χ0v) is 11.6. The van der Waals surface area contributed by atoms with Crippen molar-refractivity contribution in [2.24, 2.45) is 0 Å². The topological polar surface area (TPSA) is 38.8 Å². The number of hydrogen-bond acceptors (Lipinski definition) is 4. The van der Waals surface area contributed by atoms with Crippen LogP contribution in [0.1, 0.15) is 6.92 Å². The van der Waals surface area contributed by atoms with Gasteiger partial charge in [0.1, 0.15) is 5.75 Å². The molecular weight excluding hydrogens is 254 g/mol. The minimum Gasteiger partial charge on any atom is -0.475 e. The Morgan fingerprint density at radius 3 is 2.75 bits per heavy atom. The van der Waals surface area contributed by atoms with Gasteiger partial charge in [-0.1, -0.05) is 24.3 Å². The molecule has 4 nitrogen and oxygen atoms in total. The van der Waals surface area contributed by atoms with E-state index in [1.165, 1.54) is 0 Å². The number of carbonyl (C=O) groups is 1. The highest BCUT2D eigenvalue weighted by Crippen LogP contribution is 2.36. The van der Waals surface area contributed by atoms with E-state index in [9.17, 15) is 4.79 Å². The van der Waals surface area contributed by atoms with Gasteiger partial charge in [0.25, 0.3) is 0 Å². The first kappa shape index (κ1) is 12.8. The van der Waals surface area contributed by atoms with E-state index in [-0.39, 0.29) is 5.97 Å². The van der Waals surface area contributed by atoms with Crippen LogP contribution in [0.2, 0.25) is 0 Å². The van der Waals surface area contributed by atoms with E-state index >= 15 is 0 Å². The second kappa shape index (κ2) is 5.04. The van der Waals surface area contributed by atoms with E-state index in [4.69, 9.17) is 9.47 Å². The van der Waals surface area contributed by atoms with Crippen LogP contribution in [0.3, 0.4) is 0 Å². The minimum absolute atomic E-state index is 0.307. The number of fused-ring (bicyclic) bond motifs is 2. The summed E-state index contributed by atoms with van der Waals surface area (Å²) in [5.74, 6) is 0.425.